The van der Waals surface area contributed by atoms with Crippen molar-refractivity contribution in [1.82, 2.24) is 5.32 Å². The van der Waals surface area contributed by atoms with Gasteiger partial charge in [-0.2, -0.15) is 0 Å². The fourth-order valence-corrected chi connectivity index (χ4v) is 1.08. The molecule has 1 amide bonds. The summed E-state index contributed by atoms with van der Waals surface area (Å²) >= 11 is 0. The van der Waals surface area contributed by atoms with Gasteiger partial charge in [0.05, 0.1) is 39.6 Å². The van der Waals surface area contributed by atoms with Crippen molar-refractivity contribution in [3.63, 3.8) is 0 Å². The fraction of sp³-hybridized carbons (Fsp3) is 0.857. The number of hydrogen-bond acceptors (Lipinski definition) is 7. The molecule has 0 radical (unpaired) electrons. The van der Waals surface area contributed by atoms with Crippen LogP contribution in [0.5, 0.6) is 0 Å². The van der Waals surface area contributed by atoms with Crippen molar-refractivity contribution in [3.8, 4) is 0 Å². The van der Waals surface area contributed by atoms with Crippen molar-refractivity contribution in [1.29, 1.82) is 0 Å². The minimum atomic E-state index is -0.250. The molecular formula is C14H32N2O7. The fourth-order valence-electron chi connectivity index (χ4n) is 1.08. The van der Waals surface area contributed by atoms with Crippen LogP contribution in [0.25, 0.3) is 0 Å². The largest absolute Gasteiger partial charge is 0.483 e. The summed E-state index contributed by atoms with van der Waals surface area (Å²) in [5.74, 6) is 0.0172. The van der Waals surface area contributed by atoms with E-state index in [0.717, 1.165) is 0 Å². The summed E-state index contributed by atoms with van der Waals surface area (Å²) in [4.78, 5) is 19.4. The highest BCUT2D eigenvalue weighted by atomic mass is 16.5. The van der Waals surface area contributed by atoms with Crippen molar-refractivity contribution < 1.29 is 33.6 Å². The van der Waals surface area contributed by atoms with Crippen LogP contribution in [0.4, 0.5) is 0 Å². The molecule has 0 atom stereocenters. The van der Waals surface area contributed by atoms with Crippen molar-refractivity contribution in [2.45, 2.75) is 13.3 Å². The Kier molecular flexibility index (Phi) is 33.4. The van der Waals surface area contributed by atoms with Gasteiger partial charge in [0.15, 0.2) is 0 Å². The second-order valence-corrected chi connectivity index (χ2v) is 3.84. The number of carbonyl (C=O) groups excluding carboxylic acids is 1. The Morgan fingerprint density at radius 2 is 1.43 bits per heavy atom. The Hall–Kier alpha value is -1.26. The molecular weight excluding hydrogens is 308 g/mol. The lowest BCUT2D eigenvalue weighted by atomic mass is 10.4. The highest BCUT2D eigenvalue weighted by molar-refractivity contribution is 5.75. The first-order valence-corrected chi connectivity index (χ1v) is 7.32. The minimum absolute atomic E-state index is 0.0172. The molecule has 0 rings (SSSR count). The van der Waals surface area contributed by atoms with Crippen molar-refractivity contribution in [2.24, 2.45) is 5.73 Å². The molecule has 0 aliphatic rings. The van der Waals surface area contributed by atoms with E-state index in [-0.39, 0.29) is 12.4 Å². The number of nitrogens with one attached hydrogen (secondary N) is 1. The number of hydrogen-bond donors (Lipinski definition) is 3. The molecule has 9 nitrogen and oxygen atoms in total. The van der Waals surface area contributed by atoms with E-state index in [4.69, 9.17) is 29.8 Å². The lowest BCUT2D eigenvalue weighted by Gasteiger charge is -2.06. The summed E-state index contributed by atoms with van der Waals surface area (Å²) in [6.45, 7) is 5.92. The number of ether oxygens (including phenoxy) is 4. The smallest absolute Gasteiger partial charge is 0.290 e. The predicted molar refractivity (Wildman–Crippen MR) is 86.4 cm³/mol. The number of nitrogens with two attached hydrogens (primary N) is 1. The van der Waals surface area contributed by atoms with Gasteiger partial charge < -0.3 is 35.1 Å². The third kappa shape index (κ3) is 38.6. The molecule has 4 N–H and O–H groups in total. The van der Waals surface area contributed by atoms with Crippen LogP contribution in [0, 0.1) is 0 Å². The third-order valence-electron chi connectivity index (χ3n) is 1.85. The van der Waals surface area contributed by atoms with Crippen LogP contribution in [0.1, 0.15) is 13.3 Å². The molecule has 0 bridgehead atoms. The average Bonchev–Trinajstić information content (AvgIpc) is 2.51. The molecule has 0 aliphatic heterocycles. The van der Waals surface area contributed by atoms with E-state index >= 15 is 0 Å². The van der Waals surface area contributed by atoms with Gasteiger partial charge >= 0.3 is 0 Å². The number of carbonyl (C=O) groups is 2. The maximum atomic E-state index is 11.0. The van der Waals surface area contributed by atoms with E-state index in [2.05, 4.69) is 10.1 Å². The predicted octanol–water partition coefficient (Wildman–Crippen LogP) is -0.515. The van der Waals surface area contributed by atoms with Crippen LogP contribution >= 0.6 is 0 Å². The third-order valence-corrected chi connectivity index (χ3v) is 1.85. The highest BCUT2D eigenvalue weighted by Gasteiger charge is 1.98. The summed E-state index contributed by atoms with van der Waals surface area (Å²) in [7, 11) is 3.25. The van der Waals surface area contributed by atoms with Crippen LogP contribution in [0.3, 0.4) is 0 Å². The van der Waals surface area contributed by atoms with Gasteiger partial charge in [-0.15, -0.1) is 0 Å². The van der Waals surface area contributed by atoms with Crippen LogP contribution in [0.2, 0.25) is 0 Å². The summed E-state index contributed by atoms with van der Waals surface area (Å²) in [6, 6.07) is 0. The topological polar surface area (TPSA) is 129 Å². The first-order valence-electron chi connectivity index (χ1n) is 7.32. The van der Waals surface area contributed by atoms with Crippen molar-refractivity contribution in [3.05, 3.63) is 0 Å². The lowest BCUT2D eigenvalue weighted by molar-refractivity contribution is -0.123. The molecule has 9 heteroatoms. The molecule has 0 saturated heterocycles. The molecule has 0 heterocycles. The van der Waals surface area contributed by atoms with Gasteiger partial charge in [0.25, 0.3) is 6.47 Å². The van der Waals surface area contributed by atoms with Crippen molar-refractivity contribution in [2.75, 3.05) is 67.0 Å². The van der Waals surface area contributed by atoms with E-state index < -0.39 is 0 Å². The van der Waals surface area contributed by atoms with Gasteiger partial charge in [0.1, 0.15) is 0 Å². The molecule has 0 spiro atoms. The number of carboxylic acid groups (broad SMARTS) is 1. The van der Waals surface area contributed by atoms with Gasteiger partial charge in [-0.1, -0.05) is 0 Å². The zero-order valence-electron chi connectivity index (χ0n) is 14.4. The molecule has 0 unspecified atom stereocenters. The van der Waals surface area contributed by atoms with E-state index in [9.17, 15) is 4.79 Å². The Morgan fingerprint density at radius 1 is 1.04 bits per heavy atom. The van der Waals surface area contributed by atoms with Gasteiger partial charge in [0.2, 0.25) is 5.91 Å². The maximum absolute atomic E-state index is 11.0. The SMILES string of the molecule is CCNC(=O)CCOCCOCCOCCN.COC.O=CO. The quantitative estimate of drug-likeness (QED) is 0.320. The van der Waals surface area contributed by atoms with E-state index in [1.54, 1.807) is 14.2 Å². The zero-order valence-corrected chi connectivity index (χ0v) is 14.4. The Labute approximate surface area is 138 Å². The summed E-state index contributed by atoms with van der Waals surface area (Å²) < 4.78 is 19.9. The van der Waals surface area contributed by atoms with Crippen LogP contribution in [-0.4, -0.2) is 84.4 Å². The Bertz CT molecular complexity index is 231. The molecule has 140 valence electrons. The van der Waals surface area contributed by atoms with Gasteiger partial charge in [0, 0.05) is 33.7 Å². The Balaban J connectivity index is -0.000000573. The van der Waals surface area contributed by atoms with Crippen LogP contribution in [0.15, 0.2) is 0 Å². The molecule has 0 aromatic heterocycles. The van der Waals surface area contributed by atoms with E-state index in [1.165, 1.54) is 0 Å². The van der Waals surface area contributed by atoms with Gasteiger partial charge in [-0.25, -0.2) is 0 Å². The van der Waals surface area contributed by atoms with Crippen molar-refractivity contribution >= 4 is 12.4 Å². The molecule has 0 saturated carbocycles. The molecule has 23 heavy (non-hydrogen) atoms. The molecule has 0 fully saturated rings. The molecule has 0 aliphatic carbocycles. The summed E-state index contributed by atoms with van der Waals surface area (Å²) in [5, 5.41) is 9.59. The standard InChI is InChI=1S/C11H24N2O4.C2H6O.CH2O2/c1-2-13-11(14)3-5-15-7-9-17-10-8-16-6-4-12;1-3-2;2-1-3/h2-10,12H2,1H3,(H,13,14);1-2H3;1H,(H,2,3). The zero-order chi connectivity index (χ0) is 18.2. The normalized spacial score (nSPS) is 9.04. The summed E-state index contributed by atoms with van der Waals surface area (Å²) in [5.41, 5.74) is 5.25. The Morgan fingerprint density at radius 3 is 1.83 bits per heavy atom. The van der Waals surface area contributed by atoms with Gasteiger partial charge in [-0.05, 0) is 6.92 Å². The van der Waals surface area contributed by atoms with E-state index in [0.29, 0.717) is 59.2 Å². The molecule has 0 aromatic rings. The second kappa shape index (κ2) is 28.8. The average molecular weight is 340 g/mol. The summed E-state index contributed by atoms with van der Waals surface area (Å²) in [6.07, 6.45) is 0.396. The van der Waals surface area contributed by atoms with Gasteiger partial charge in [-0.3, -0.25) is 9.59 Å². The second-order valence-electron chi connectivity index (χ2n) is 3.84. The first-order chi connectivity index (χ1) is 11.1. The monoisotopic (exact) mass is 340 g/mol. The number of methoxy groups -OCH3 is 1. The van der Waals surface area contributed by atoms with Crippen LogP contribution < -0.4 is 11.1 Å². The lowest BCUT2D eigenvalue weighted by Crippen LogP contribution is -2.24. The number of rotatable bonds is 12. The first kappa shape index (κ1) is 26.6. The molecule has 0 aromatic carbocycles. The van der Waals surface area contributed by atoms with E-state index in [1.807, 2.05) is 6.92 Å². The minimum Gasteiger partial charge on any atom is -0.483 e. The maximum Gasteiger partial charge on any atom is 0.290 e. The highest BCUT2D eigenvalue weighted by Crippen LogP contribution is 1.85. The van der Waals surface area contributed by atoms with Crippen LogP contribution in [-0.2, 0) is 28.5 Å². The number of amides is 1.